The molecule has 30 heavy (non-hydrogen) atoms. The molecule has 0 saturated heterocycles. The molecular weight excluding hydrogens is 400 g/mol. The molecule has 0 saturated carbocycles. The number of halogens is 1. The van der Waals surface area contributed by atoms with Crippen LogP contribution >= 0.6 is 11.6 Å². The lowest BCUT2D eigenvalue weighted by Crippen LogP contribution is -2.53. The minimum atomic E-state index is -0.684. The maximum absolute atomic E-state index is 13.1. The first kappa shape index (κ1) is 23.7. The zero-order chi connectivity index (χ0) is 22.5. The summed E-state index contributed by atoms with van der Waals surface area (Å²) >= 11 is 6.30. The van der Waals surface area contributed by atoms with E-state index in [1.54, 1.807) is 13.0 Å². The third-order valence-electron chi connectivity index (χ3n) is 4.52. The number of hydrogen-bond donors (Lipinski definition) is 1. The number of aryl methyl sites for hydroxylation is 2. The normalized spacial score (nSPS) is 12.2. The molecule has 0 aliphatic heterocycles. The molecule has 0 aromatic heterocycles. The Kier molecular flexibility index (Phi) is 7.90. The second-order valence-corrected chi connectivity index (χ2v) is 9.05. The molecule has 2 aromatic rings. The van der Waals surface area contributed by atoms with E-state index in [4.69, 9.17) is 16.3 Å². The van der Waals surface area contributed by atoms with Gasteiger partial charge < -0.3 is 15.0 Å². The summed E-state index contributed by atoms with van der Waals surface area (Å²) in [5.41, 5.74) is 2.49. The minimum absolute atomic E-state index is 0.166. The van der Waals surface area contributed by atoms with E-state index < -0.39 is 11.6 Å². The summed E-state index contributed by atoms with van der Waals surface area (Å²) in [6, 6.07) is 12.4. The number of carbonyl (C=O) groups excluding carboxylic acids is 2. The van der Waals surface area contributed by atoms with Crippen molar-refractivity contribution in [1.29, 1.82) is 0 Å². The van der Waals surface area contributed by atoms with Crippen LogP contribution < -0.4 is 10.1 Å². The molecule has 0 aliphatic rings. The molecule has 5 nitrogen and oxygen atoms in total. The first-order valence-electron chi connectivity index (χ1n) is 10.0. The Hall–Kier alpha value is -2.53. The predicted molar refractivity (Wildman–Crippen MR) is 121 cm³/mol. The molecule has 0 heterocycles. The zero-order valence-electron chi connectivity index (χ0n) is 18.6. The number of benzene rings is 2. The number of nitrogens with zero attached hydrogens (tertiary/aromatic N) is 1. The number of carbonyl (C=O) groups is 2. The fourth-order valence-electron chi connectivity index (χ4n) is 3.11. The molecule has 6 heteroatoms. The van der Waals surface area contributed by atoms with Crippen molar-refractivity contribution in [3.63, 3.8) is 0 Å². The van der Waals surface area contributed by atoms with E-state index in [1.165, 1.54) is 4.90 Å². The number of nitrogens with one attached hydrogen (secondary N) is 1. The highest BCUT2D eigenvalue weighted by Crippen LogP contribution is 2.20. The number of hydrogen-bond acceptors (Lipinski definition) is 3. The van der Waals surface area contributed by atoms with E-state index >= 15 is 0 Å². The second-order valence-electron chi connectivity index (χ2n) is 8.64. The highest BCUT2D eigenvalue weighted by atomic mass is 35.5. The van der Waals surface area contributed by atoms with Gasteiger partial charge in [-0.25, -0.2) is 0 Å². The molecule has 0 unspecified atom stereocenters. The molecule has 1 N–H and O–H groups in total. The molecule has 2 aromatic carbocycles. The fourth-order valence-corrected chi connectivity index (χ4v) is 3.31. The molecule has 2 amide bonds. The van der Waals surface area contributed by atoms with Crippen molar-refractivity contribution in [2.24, 2.45) is 0 Å². The SMILES string of the molecule is Cc1cc(C)cc(OCC(=O)N(Cc2ccccc2Cl)[C@H](C)C(=O)NC(C)(C)C)c1. The standard InChI is InChI=1S/C24H31ClN2O3/c1-16-11-17(2)13-20(12-16)30-15-22(28)27(14-19-9-7-8-10-21(19)25)18(3)23(29)26-24(4,5)6/h7-13,18H,14-15H2,1-6H3,(H,26,29)/t18-/m1/s1. The van der Waals surface area contributed by atoms with E-state index in [1.807, 2.05) is 71.0 Å². The summed E-state index contributed by atoms with van der Waals surface area (Å²) in [5.74, 6) is 0.116. The van der Waals surface area contributed by atoms with Gasteiger partial charge in [0.15, 0.2) is 6.61 Å². The third kappa shape index (κ3) is 7.06. The largest absolute Gasteiger partial charge is 0.484 e. The Bertz CT molecular complexity index is 885. The minimum Gasteiger partial charge on any atom is -0.484 e. The van der Waals surface area contributed by atoms with E-state index in [0.717, 1.165) is 16.7 Å². The summed E-state index contributed by atoms with van der Waals surface area (Å²) in [6.07, 6.45) is 0. The van der Waals surface area contributed by atoms with Crippen LogP contribution in [0.15, 0.2) is 42.5 Å². The molecule has 0 radical (unpaired) electrons. The van der Waals surface area contributed by atoms with Crippen molar-refractivity contribution >= 4 is 23.4 Å². The van der Waals surface area contributed by atoms with E-state index in [-0.39, 0.29) is 25.0 Å². The Balaban J connectivity index is 2.21. The number of amides is 2. The Morgan fingerprint density at radius 2 is 1.70 bits per heavy atom. The van der Waals surface area contributed by atoms with Crippen LogP contribution in [0.3, 0.4) is 0 Å². The molecule has 0 fully saturated rings. The summed E-state index contributed by atoms with van der Waals surface area (Å²) < 4.78 is 5.75. The lowest BCUT2D eigenvalue weighted by atomic mass is 10.1. The topological polar surface area (TPSA) is 58.6 Å². The third-order valence-corrected chi connectivity index (χ3v) is 4.89. The highest BCUT2D eigenvalue weighted by Gasteiger charge is 2.29. The molecule has 162 valence electrons. The van der Waals surface area contributed by atoms with Gasteiger partial charge in [0.05, 0.1) is 0 Å². The predicted octanol–water partition coefficient (Wildman–Crippen LogP) is 4.67. The van der Waals surface area contributed by atoms with Crippen LogP contribution in [0.5, 0.6) is 5.75 Å². The molecule has 0 aliphatic carbocycles. The quantitative estimate of drug-likeness (QED) is 0.694. The van der Waals surface area contributed by atoms with Crippen LogP contribution in [0.2, 0.25) is 5.02 Å². The summed E-state index contributed by atoms with van der Waals surface area (Å²) in [5, 5.41) is 3.49. The van der Waals surface area contributed by atoms with Crippen LogP contribution in [0.1, 0.15) is 44.4 Å². The van der Waals surface area contributed by atoms with Gasteiger partial charge in [-0.15, -0.1) is 0 Å². The second kappa shape index (κ2) is 9.98. The average Bonchev–Trinajstić information content (AvgIpc) is 2.63. The average molecular weight is 431 g/mol. The van der Waals surface area contributed by atoms with Crippen LogP contribution in [0.25, 0.3) is 0 Å². The van der Waals surface area contributed by atoms with E-state index in [2.05, 4.69) is 5.32 Å². The van der Waals surface area contributed by atoms with Gasteiger partial charge in [-0.05, 0) is 76.4 Å². The molecule has 1 atom stereocenters. The van der Waals surface area contributed by atoms with Gasteiger partial charge in [0, 0.05) is 17.1 Å². The monoisotopic (exact) mass is 430 g/mol. The van der Waals surface area contributed by atoms with E-state index in [0.29, 0.717) is 10.8 Å². The van der Waals surface area contributed by atoms with Crippen LogP contribution in [0, 0.1) is 13.8 Å². The van der Waals surface area contributed by atoms with E-state index in [9.17, 15) is 9.59 Å². The molecular formula is C24H31ClN2O3. The zero-order valence-corrected chi connectivity index (χ0v) is 19.3. The summed E-state index contributed by atoms with van der Waals surface area (Å²) in [6.45, 7) is 11.4. The van der Waals surface area contributed by atoms with Crippen molar-refractivity contribution in [2.45, 2.75) is 59.7 Å². The lowest BCUT2D eigenvalue weighted by Gasteiger charge is -2.31. The van der Waals surface area contributed by atoms with Gasteiger partial charge in [0.2, 0.25) is 5.91 Å². The maximum Gasteiger partial charge on any atom is 0.261 e. The Labute approximate surface area is 184 Å². The van der Waals surface area contributed by atoms with Crippen molar-refractivity contribution < 1.29 is 14.3 Å². The molecule has 2 rings (SSSR count). The van der Waals surface area contributed by atoms with Crippen molar-refractivity contribution in [1.82, 2.24) is 10.2 Å². The van der Waals surface area contributed by atoms with Gasteiger partial charge in [0.1, 0.15) is 11.8 Å². The fraction of sp³-hybridized carbons (Fsp3) is 0.417. The maximum atomic E-state index is 13.1. The van der Waals surface area contributed by atoms with Gasteiger partial charge in [0.25, 0.3) is 5.91 Å². The van der Waals surface area contributed by atoms with Gasteiger partial charge >= 0.3 is 0 Å². The van der Waals surface area contributed by atoms with Crippen molar-refractivity contribution in [3.8, 4) is 5.75 Å². The van der Waals surface area contributed by atoms with Gasteiger partial charge in [-0.2, -0.15) is 0 Å². The summed E-state index contributed by atoms with van der Waals surface area (Å²) in [4.78, 5) is 27.4. The summed E-state index contributed by atoms with van der Waals surface area (Å²) in [7, 11) is 0. The first-order chi connectivity index (χ1) is 14.0. The highest BCUT2D eigenvalue weighted by molar-refractivity contribution is 6.31. The van der Waals surface area contributed by atoms with Crippen molar-refractivity contribution in [2.75, 3.05) is 6.61 Å². The van der Waals surface area contributed by atoms with Gasteiger partial charge in [-0.3, -0.25) is 9.59 Å². The number of rotatable bonds is 7. The first-order valence-corrected chi connectivity index (χ1v) is 10.4. The molecule has 0 bridgehead atoms. The number of ether oxygens (including phenoxy) is 1. The smallest absolute Gasteiger partial charge is 0.261 e. The van der Waals surface area contributed by atoms with Crippen LogP contribution in [-0.4, -0.2) is 34.9 Å². The van der Waals surface area contributed by atoms with Crippen molar-refractivity contribution in [3.05, 3.63) is 64.2 Å². The Morgan fingerprint density at radius 3 is 2.27 bits per heavy atom. The van der Waals surface area contributed by atoms with Crippen LogP contribution in [-0.2, 0) is 16.1 Å². The van der Waals surface area contributed by atoms with Crippen LogP contribution in [0.4, 0.5) is 0 Å². The Morgan fingerprint density at radius 1 is 1.10 bits per heavy atom. The lowest BCUT2D eigenvalue weighted by molar-refractivity contribution is -0.142. The molecule has 0 spiro atoms. The van der Waals surface area contributed by atoms with Gasteiger partial charge in [-0.1, -0.05) is 35.9 Å².